The molecule has 0 rings (SSSR count). The van der Waals surface area contributed by atoms with Gasteiger partial charge in [-0.3, -0.25) is 0 Å². The first kappa shape index (κ1) is 24.6. The Kier molecular flexibility index (Phi) is 19.9. The van der Waals surface area contributed by atoms with Gasteiger partial charge in [0.1, 0.15) is 0 Å². The fourth-order valence-corrected chi connectivity index (χ4v) is 8.58. The maximum Gasteiger partial charge on any atom is 0.0594 e. The molecule has 0 aromatic rings. The zero-order chi connectivity index (χ0) is 15.8. The maximum atomic E-state index is 2.37. The number of rotatable bonds is 16. The van der Waals surface area contributed by atoms with Crippen molar-refractivity contribution < 1.29 is 5.48 Å². The molecule has 0 atom stereocenters. The molecule has 2 heteroatoms. The molecule has 0 saturated carbocycles. The van der Waals surface area contributed by atoms with Crippen LogP contribution in [-0.2, 0) is 0 Å². The molecular formula is C20H45OP. The van der Waals surface area contributed by atoms with Crippen molar-refractivity contribution in [2.45, 2.75) is 105 Å². The summed E-state index contributed by atoms with van der Waals surface area (Å²) in [6.45, 7) is 9.44. The third kappa shape index (κ3) is 12.9. The molecule has 0 spiro atoms. The molecule has 0 bridgehead atoms. The van der Waals surface area contributed by atoms with Crippen LogP contribution in [0, 0.1) is 0 Å². The molecule has 0 heterocycles. The van der Waals surface area contributed by atoms with Crippen LogP contribution < -0.4 is 0 Å². The van der Waals surface area contributed by atoms with Crippen molar-refractivity contribution >= 4 is 7.26 Å². The Bertz CT molecular complexity index is 184. The molecular weight excluding hydrogens is 287 g/mol. The van der Waals surface area contributed by atoms with E-state index in [-0.39, 0.29) is 5.48 Å². The molecule has 1 N–H and O–H groups in total. The molecule has 1 nitrogen and oxygen atoms in total. The molecule has 0 fully saturated rings. The highest BCUT2D eigenvalue weighted by Gasteiger charge is 2.34. The second kappa shape index (κ2) is 17.7. The van der Waals surface area contributed by atoms with Crippen LogP contribution in [0.15, 0.2) is 0 Å². The van der Waals surface area contributed by atoms with Crippen molar-refractivity contribution in [3.05, 3.63) is 0 Å². The molecule has 0 radical (unpaired) electrons. The molecule has 136 valence electrons. The molecule has 0 amide bonds. The van der Waals surface area contributed by atoms with Crippen molar-refractivity contribution in [2.75, 3.05) is 24.6 Å². The second-order valence-corrected chi connectivity index (χ2v) is 11.5. The molecule has 0 aromatic carbocycles. The summed E-state index contributed by atoms with van der Waals surface area (Å²) in [5.41, 5.74) is 0. The predicted octanol–water partition coefficient (Wildman–Crippen LogP) is 7.59. The monoisotopic (exact) mass is 332 g/mol. The molecule has 22 heavy (non-hydrogen) atoms. The molecule has 0 aliphatic heterocycles. The molecule has 0 aliphatic carbocycles. The van der Waals surface area contributed by atoms with E-state index in [2.05, 4.69) is 27.7 Å². The summed E-state index contributed by atoms with van der Waals surface area (Å²) in [5.74, 6) is 0. The summed E-state index contributed by atoms with van der Waals surface area (Å²) in [6.07, 6.45) is 24.0. The van der Waals surface area contributed by atoms with Crippen LogP contribution in [0.2, 0.25) is 0 Å². The average Bonchev–Trinajstić information content (AvgIpc) is 2.51. The summed E-state index contributed by atoms with van der Waals surface area (Å²) in [6, 6.07) is 0. The zero-order valence-corrected chi connectivity index (χ0v) is 17.1. The fraction of sp³-hybridized carbons (Fsp3) is 1.00. The summed E-state index contributed by atoms with van der Waals surface area (Å²) in [4.78, 5) is 0. The highest BCUT2D eigenvalue weighted by molar-refractivity contribution is 7.75. The summed E-state index contributed by atoms with van der Waals surface area (Å²) < 4.78 is 0. The van der Waals surface area contributed by atoms with Gasteiger partial charge < -0.3 is 5.48 Å². The molecule has 0 aliphatic rings. The lowest BCUT2D eigenvalue weighted by atomic mass is 10.1. The lowest BCUT2D eigenvalue weighted by molar-refractivity contribution is 0.624. The van der Waals surface area contributed by atoms with Crippen molar-refractivity contribution in [3.8, 4) is 0 Å². The Balaban J connectivity index is 0. The van der Waals surface area contributed by atoms with Crippen LogP contribution in [0.25, 0.3) is 0 Å². The summed E-state index contributed by atoms with van der Waals surface area (Å²) in [5, 5.41) is 0. The van der Waals surface area contributed by atoms with E-state index in [0.717, 1.165) is 0 Å². The Morgan fingerprint density at radius 1 is 0.409 bits per heavy atom. The van der Waals surface area contributed by atoms with Crippen molar-refractivity contribution in [1.29, 1.82) is 0 Å². The zero-order valence-electron chi connectivity index (χ0n) is 16.2. The van der Waals surface area contributed by atoms with Gasteiger partial charge in [0.25, 0.3) is 0 Å². The van der Waals surface area contributed by atoms with E-state index >= 15 is 0 Å². The Labute approximate surface area is 142 Å². The Hall–Kier alpha value is 0.390. The van der Waals surface area contributed by atoms with Crippen molar-refractivity contribution in [3.63, 3.8) is 0 Å². The lowest BCUT2D eigenvalue weighted by Gasteiger charge is -2.28. The normalized spacial score (nSPS) is 11.5. The lowest BCUT2D eigenvalue weighted by Crippen LogP contribution is -2.13. The van der Waals surface area contributed by atoms with Crippen molar-refractivity contribution in [2.24, 2.45) is 0 Å². The van der Waals surface area contributed by atoms with Crippen LogP contribution in [0.4, 0.5) is 0 Å². The van der Waals surface area contributed by atoms with E-state index in [0.29, 0.717) is 0 Å². The Morgan fingerprint density at radius 3 is 1.14 bits per heavy atom. The smallest absolute Gasteiger partial charge is 0.0594 e. The van der Waals surface area contributed by atoms with Crippen LogP contribution in [0.3, 0.4) is 0 Å². The van der Waals surface area contributed by atoms with E-state index in [1.807, 2.05) is 0 Å². The van der Waals surface area contributed by atoms with Gasteiger partial charge in [-0.1, -0.05) is 72.6 Å². The molecule has 0 unspecified atom stereocenters. The van der Waals surface area contributed by atoms with E-state index in [1.165, 1.54) is 77.0 Å². The second-order valence-electron chi connectivity index (χ2n) is 7.06. The number of hydrogen-bond donors (Lipinski definition) is 0. The van der Waals surface area contributed by atoms with Crippen LogP contribution in [-0.4, -0.2) is 30.1 Å². The van der Waals surface area contributed by atoms with Gasteiger partial charge in [0.05, 0.1) is 24.6 Å². The topological polar surface area (TPSA) is 30.0 Å². The van der Waals surface area contributed by atoms with E-state index in [1.54, 1.807) is 24.6 Å². The van der Waals surface area contributed by atoms with Crippen LogP contribution >= 0.6 is 7.26 Å². The first-order valence-electron chi connectivity index (χ1n) is 10.1. The van der Waals surface area contributed by atoms with Gasteiger partial charge >= 0.3 is 0 Å². The predicted molar refractivity (Wildman–Crippen MR) is 106 cm³/mol. The first-order valence-corrected chi connectivity index (χ1v) is 12.6. The summed E-state index contributed by atoms with van der Waals surface area (Å²) in [7, 11) is -0.601. The van der Waals surface area contributed by atoms with Crippen LogP contribution in [0.1, 0.15) is 105 Å². The largest absolute Gasteiger partial charge is 0.870 e. The maximum absolute atomic E-state index is 2.37. The molecule has 0 aromatic heterocycles. The minimum absolute atomic E-state index is 0. The highest BCUT2D eigenvalue weighted by atomic mass is 31.2. The van der Waals surface area contributed by atoms with Crippen molar-refractivity contribution in [1.82, 2.24) is 0 Å². The van der Waals surface area contributed by atoms with E-state index < -0.39 is 7.26 Å². The third-order valence-corrected chi connectivity index (χ3v) is 10.0. The average molecular weight is 333 g/mol. The first-order chi connectivity index (χ1) is 10.2. The number of hydrogen-bond acceptors (Lipinski definition) is 1. The van der Waals surface area contributed by atoms with Crippen LogP contribution in [0.5, 0.6) is 0 Å². The minimum Gasteiger partial charge on any atom is -0.870 e. The van der Waals surface area contributed by atoms with Gasteiger partial charge in [0.15, 0.2) is 0 Å². The van der Waals surface area contributed by atoms with Gasteiger partial charge in [-0.2, -0.15) is 0 Å². The highest BCUT2D eigenvalue weighted by Crippen LogP contribution is 2.61. The van der Waals surface area contributed by atoms with Gasteiger partial charge in [-0.05, 0) is 32.1 Å². The SMILES string of the molecule is CCCCCCCC[P+](CCCC)(CCCC)CCCC.[OH-]. The van der Waals surface area contributed by atoms with Gasteiger partial charge in [-0.15, -0.1) is 0 Å². The number of unbranched alkanes of at least 4 members (excludes halogenated alkanes) is 8. The van der Waals surface area contributed by atoms with Gasteiger partial charge in [-0.25, -0.2) is 0 Å². The van der Waals surface area contributed by atoms with E-state index in [4.69, 9.17) is 0 Å². The van der Waals surface area contributed by atoms with Gasteiger partial charge in [0.2, 0.25) is 0 Å². The minimum atomic E-state index is -0.601. The molecule has 0 saturated heterocycles. The summed E-state index contributed by atoms with van der Waals surface area (Å²) >= 11 is 0. The quantitative estimate of drug-likeness (QED) is 0.211. The Morgan fingerprint density at radius 2 is 0.727 bits per heavy atom. The van der Waals surface area contributed by atoms with E-state index in [9.17, 15) is 0 Å². The third-order valence-electron chi connectivity index (χ3n) is 4.94. The van der Waals surface area contributed by atoms with Gasteiger partial charge in [0, 0.05) is 7.26 Å². The fourth-order valence-electron chi connectivity index (χ4n) is 3.38. The standard InChI is InChI=1S/C20H44P.H2O/c1-5-9-13-14-15-16-20-21(17-10-6-2,18-11-7-3)19-12-8-4;/h5-20H2,1-4H3;1H2/q+1;/p-1.